The third-order valence-electron chi connectivity index (χ3n) is 7.37. The van der Waals surface area contributed by atoms with E-state index in [1.54, 1.807) is 6.20 Å². The molecule has 38 heavy (non-hydrogen) atoms. The van der Waals surface area contributed by atoms with Crippen LogP contribution < -0.4 is 5.73 Å². The largest absolute Gasteiger partial charge is 0.383 e. The molecule has 2 fully saturated rings. The number of pyridine rings is 2. The van der Waals surface area contributed by atoms with Crippen molar-refractivity contribution in [2.75, 3.05) is 25.5 Å². The third kappa shape index (κ3) is 4.44. The number of rotatable bonds is 5. The maximum atomic E-state index is 6.29. The third-order valence-corrected chi connectivity index (χ3v) is 7.37. The number of aromatic nitrogens is 4. The second-order valence-electron chi connectivity index (χ2n) is 9.69. The normalized spacial score (nSPS) is 17.1. The molecule has 7 nitrogen and oxygen atoms in total. The Labute approximate surface area is 223 Å². The van der Waals surface area contributed by atoms with Gasteiger partial charge in [0.1, 0.15) is 11.3 Å². The van der Waals surface area contributed by atoms with Gasteiger partial charge in [0.15, 0.2) is 11.5 Å². The van der Waals surface area contributed by atoms with Gasteiger partial charge in [-0.15, -0.1) is 0 Å². The first-order valence-electron chi connectivity index (χ1n) is 13.4. The highest BCUT2D eigenvalue weighted by molar-refractivity contribution is 5.84. The summed E-state index contributed by atoms with van der Waals surface area (Å²) < 4.78 is 2.10. The number of anilines is 1. The number of benzene rings is 2. The second kappa shape index (κ2) is 10.4. The van der Waals surface area contributed by atoms with Gasteiger partial charge in [0.05, 0.1) is 17.9 Å². The molecule has 0 spiro atoms. The van der Waals surface area contributed by atoms with Gasteiger partial charge >= 0.3 is 0 Å². The monoisotopic (exact) mass is 503 g/mol. The van der Waals surface area contributed by atoms with Crippen molar-refractivity contribution in [2.24, 2.45) is 0 Å². The molecule has 5 aromatic rings. The molecule has 0 saturated carbocycles. The SMILES string of the molecule is CC.Nc1ncccc1-c1nc2ccc(-c3ccccc3)nc2n1-c1ccc(CN2CC3CCN3C2)cc1. The van der Waals surface area contributed by atoms with E-state index in [1.165, 1.54) is 25.1 Å². The van der Waals surface area contributed by atoms with Gasteiger partial charge in [-0.1, -0.05) is 56.3 Å². The van der Waals surface area contributed by atoms with Crippen LogP contribution >= 0.6 is 0 Å². The Morgan fingerprint density at radius 3 is 2.39 bits per heavy atom. The number of fused-ring (bicyclic) bond motifs is 2. The van der Waals surface area contributed by atoms with Crippen LogP contribution in [-0.4, -0.2) is 55.1 Å². The molecule has 0 radical (unpaired) electrons. The summed E-state index contributed by atoms with van der Waals surface area (Å²) in [6.07, 6.45) is 3.04. The molecule has 7 rings (SSSR count). The summed E-state index contributed by atoms with van der Waals surface area (Å²) in [6, 6.07) is 27.6. The van der Waals surface area contributed by atoms with Crippen molar-refractivity contribution in [3.05, 3.63) is 90.6 Å². The first kappa shape index (κ1) is 24.3. The molecule has 0 aliphatic carbocycles. The van der Waals surface area contributed by atoms with Gasteiger partial charge in [0.25, 0.3) is 0 Å². The van der Waals surface area contributed by atoms with Crippen molar-refractivity contribution in [2.45, 2.75) is 32.9 Å². The second-order valence-corrected chi connectivity index (χ2v) is 9.69. The Balaban J connectivity index is 0.00000129. The fraction of sp³-hybridized carbons (Fsp3) is 0.258. The van der Waals surface area contributed by atoms with E-state index in [2.05, 4.69) is 55.7 Å². The Kier molecular flexibility index (Phi) is 6.62. The average Bonchev–Trinajstić information content (AvgIpc) is 3.47. The van der Waals surface area contributed by atoms with Crippen molar-refractivity contribution in [1.29, 1.82) is 0 Å². The van der Waals surface area contributed by atoms with E-state index in [-0.39, 0.29) is 0 Å². The zero-order valence-corrected chi connectivity index (χ0v) is 22.0. The topological polar surface area (TPSA) is 76.1 Å². The summed E-state index contributed by atoms with van der Waals surface area (Å²) in [5.41, 5.74) is 13.0. The van der Waals surface area contributed by atoms with Gasteiger partial charge in [-0.3, -0.25) is 14.4 Å². The molecule has 2 aliphatic heterocycles. The Hall–Kier alpha value is -4.07. The molecular formula is C31H33N7. The molecule has 7 heteroatoms. The number of nitrogens with two attached hydrogens (primary N) is 1. The first-order chi connectivity index (χ1) is 18.7. The zero-order valence-electron chi connectivity index (χ0n) is 22.0. The van der Waals surface area contributed by atoms with Gasteiger partial charge in [0.2, 0.25) is 0 Å². The molecule has 5 heterocycles. The minimum Gasteiger partial charge on any atom is -0.383 e. The standard InChI is InChI=1S/C29H27N7.C2H6/c30-27-24(7-4-15-31-27)28-33-26-13-12-25(21-5-2-1-3-6-21)32-29(26)36(28)22-10-8-20(9-11-22)17-34-18-23-14-16-35(23)19-34;1-2/h1-13,15,23H,14,16-19H2,(H2,30,31);1-2H3. The summed E-state index contributed by atoms with van der Waals surface area (Å²) in [6.45, 7) is 8.46. The van der Waals surface area contributed by atoms with E-state index in [9.17, 15) is 0 Å². The Morgan fingerprint density at radius 2 is 1.71 bits per heavy atom. The zero-order chi connectivity index (χ0) is 26.1. The average molecular weight is 504 g/mol. The van der Waals surface area contributed by atoms with Gasteiger partial charge in [-0.25, -0.2) is 15.0 Å². The van der Waals surface area contributed by atoms with Crippen LogP contribution in [0.2, 0.25) is 0 Å². The van der Waals surface area contributed by atoms with E-state index in [0.717, 1.165) is 58.8 Å². The lowest BCUT2D eigenvalue weighted by molar-refractivity contribution is 0.135. The number of nitrogens with zero attached hydrogens (tertiary/aromatic N) is 6. The van der Waals surface area contributed by atoms with Crippen molar-refractivity contribution in [3.63, 3.8) is 0 Å². The summed E-state index contributed by atoms with van der Waals surface area (Å²) >= 11 is 0. The highest BCUT2D eigenvalue weighted by atomic mass is 15.4. The van der Waals surface area contributed by atoms with E-state index >= 15 is 0 Å². The maximum absolute atomic E-state index is 6.29. The van der Waals surface area contributed by atoms with Gasteiger partial charge in [-0.05, 0) is 48.4 Å². The van der Waals surface area contributed by atoms with Crippen LogP contribution in [-0.2, 0) is 6.54 Å². The number of nitrogen functional groups attached to an aromatic ring is 1. The van der Waals surface area contributed by atoms with Crippen molar-refractivity contribution in [1.82, 2.24) is 29.3 Å². The maximum Gasteiger partial charge on any atom is 0.165 e. The Bertz CT molecular complexity index is 1530. The van der Waals surface area contributed by atoms with Crippen molar-refractivity contribution < 1.29 is 0 Å². The van der Waals surface area contributed by atoms with Gasteiger partial charge in [0, 0.05) is 43.1 Å². The van der Waals surface area contributed by atoms with Crippen LogP contribution in [0, 0.1) is 0 Å². The van der Waals surface area contributed by atoms with Crippen LogP contribution in [0.5, 0.6) is 0 Å². The molecule has 2 aromatic carbocycles. The molecule has 0 amide bonds. The van der Waals surface area contributed by atoms with Crippen molar-refractivity contribution in [3.8, 4) is 28.3 Å². The Morgan fingerprint density at radius 1 is 0.895 bits per heavy atom. The van der Waals surface area contributed by atoms with Crippen LogP contribution in [0.15, 0.2) is 85.1 Å². The van der Waals surface area contributed by atoms with E-state index in [4.69, 9.17) is 15.7 Å². The predicted molar refractivity (Wildman–Crippen MR) is 154 cm³/mol. The number of hydrogen-bond acceptors (Lipinski definition) is 6. The quantitative estimate of drug-likeness (QED) is 0.336. The molecule has 2 saturated heterocycles. The summed E-state index contributed by atoms with van der Waals surface area (Å²) in [7, 11) is 0. The lowest BCUT2D eigenvalue weighted by Crippen LogP contribution is -2.43. The van der Waals surface area contributed by atoms with E-state index in [0.29, 0.717) is 5.82 Å². The summed E-state index contributed by atoms with van der Waals surface area (Å²) in [5.74, 6) is 1.19. The number of hydrogen-bond donors (Lipinski definition) is 1. The highest BCUT2D eigenvalue weighted by Gasteiger charge is 2.36. The molecule has 1 atom stereocenters. The molecule has 0 bridgehead atoms. The van der Waals surface area contributed by atoms with Crippen LogP contribution in [0.1, 0.15) is 25.8 Å². The lowest BCUT2D eigenvalue weighted by atomic mass is 10.1. The summed E-state index contributed by atoms with van der Waals surface area (Å²) in [5, 5.41) is 0. The smallest absolute Gasteiger partial charge is 0.165 e. The summed E-state index contributed by atoms with van der Waals surface area (Å²) in [4.78, 5) is 19.4. The van der Waals surface area contributed by atoms with E-state index < -0.39 is 0 Å². The molecule has 2 aliphatic rings. The fourth-order valence-electron chi connectivity index (χ4n) is 5.38. The molecule has 2 N–H and O–H groups in total. The lowest BCUT2D eigenvalue weighted by Gasteiger charge is -2.32. The molecule has 192 valence electrons. The molecule has 3 aromatic heterocycles. The van der Waals surface area contributed by atoms with Gasteiger partial charge in [-0.2, -0.15) is 0 Å². The minimum absolute atomic E-state index is 0.452. The van der Waals surface area contributed by atoms with Gasteiger partial charge < -0.3 is 5.73 Å². The van der Waals surface area contributed by atoms with Crippen LogP contribution in [0.3, 0.4) is 0 Å². The van der Waals surface area contributed by atoms with Crippen LogP contribution in [0.4, 0.5) is 5.82 Å². The predicted octanol–water partition coefficient (Wildman–Crippen LogP) is 5.61. The van der Waals surface area contributed by atoms with Crippen LogP contribution in [0.25, 0.3) is 39.5 Å². The molecule has 1 unspecified atom stereocenters. The van der Waals surface area contributed by atoms with E-state index in [1.807, 2.05) is 56.3 Å². The minimum atomic E-state index is 0.452. The first-order valence-corrected chi connectivity index (χ1v) is 13.4. The molecular weight excluding hydrogens is 470 g/mol. The highest BCUT2D eigenvalue weighted by Crippen LogP contribution is 2.32. The number of imidazole rings is 1. The van der Waals surface area contributed by atoms with Crippen molar-refractivity contribution >= 4 is 17.0 Å². The fourth-order valence-corrected chi connectivity index (χ4v) is 5.38.